The number of nitrogens with one attached hydrogen (secondary N) is 2. The third-order valence-electron chi connectivity index (χ3n) is 9.76. The summed E-state index contributed by atoms with van der Waals surface area (Å²) in [6, 6.07) is 17.5. The molecule has 3 N–H and O–H groups in total. The molecule has 8 nitrogen and oxygen atoms in total. The van der Waals surface area contributed by atoms with Crippen LogP contribution in [0, 0.1) is 5.82 Å². The van der Waals surface area contributed by atoms with Gasteiger partial charge in [-0.3, -0.25) is 9.59 Å². The molecule has 2 heterocycles. The van der Waals surface area contributed by atoms with Crippen LogP contribution in [-0.2, 0) is 27.7 Å². The molecule has 0 atom stereocenters. The Hall–Kier alpha value is -4.76. The Morgan fingerprint density at radius 1 is 0.957 bits per heavy atom. The topological polar surface area (TPSA) is 110 Å². The van der Waals surface area contributed by atoms with Gasteiger partial charge < -0.3 is 25.0 Å². The molecule has 1 aliphatic heterocycles. The first kappa shape index (κ1) is 29.9. The predicted molar refractivity (Wildman–Crippen MR) is 174 cm³/mol. The fraction of sp³-hybridized carbons (Fsp3) is 0.324. The van der Waals surface area contributed by atoms with E-state index in [9.17, 15) is 18.8 Å². The van der Waals surface area contributed by atoms with E-state index in [1.165, 1.54) is 37.0 Å². The lowest BCUT2D eigenvalue weighted by Gasteiger charge is -2.40. The molecule has 2 amide bonds. The van der Waals surface area contributed by atoms with Gasteiger partial charge in [-0.2, -0.15) is 0 Å². The smallest absolute Gasteiger partial charge is 0.328 e. The second-order valence-corrected chi connectivity index (χ2v) is 12.7. The highest BCUT2D eigenvalue weighted by Gasteiger charge is 2.45. The fourth-order valence-corrected chi connectivity index (χ4v) is 7.23. The molecule has 0 unspecified atom stereocenters. The zero-order chi connectivity index (χ0) is 31.8. The van der Waals surface area contributed by atoms with Gasteiger partial charge in [-0.15, -0.1) is 0 Å². The Balaban J connectivity index is 1.19. The number of carbonyl (C=O) groups is 3. The summed E-state index contributed by atoms with van der Waals surface area (Å²) in [6.07, 6.45) is 10.1. The van der Waals surface area contributed by atoms with Crippen molar-refractivity contribution in [1.29, 1.82) is 0 Å². The maximum atomic E-state index is 14.3. The van der Waals surface area contributed by atoms with Gasteiger partial charge in [0, 0.05) is 28.3 Å². The maximum absolute atomic E-state index is 14.3. The number of carboxylic acid groups (broad SMARTS) is 1. The molecule has 236 valence electrons. The molecule has 0 bridgehead atoms. The minimum Gasteiger partial charge on any atom is -0.478 e. The molecular formula is C37H36FN3O5. The Bertz CT molecular complexity index is 1870. The predicted octanol–water partition coefficient (Wildman–Crippen LogP) is 7.37. The summed E-state index contributed by atoms with van der Waals surface area (Å²) < 4.78 is 22.4. The third kappa shape index (κ3) is 5.60. The van der Waals surface area contributed by atoms with Crippen molar-refractivity contribution in [1.82, 2.24) is 9.88 Å². The van der Waals surface area contributed by atoms with Crippen molar-refractivity contribution in [3.05, 3.63) is 94.8 Å². The van der Waals surface area contributed by atoms with Gasteiger partial charge in [0.1, 0.15) is 18.1 Å². The van der Waals surface area contributed by atoms with E-state index in [1.54, 1.807) is 30.3 Å². The summed E-state index contributed by atoms with van der Waals surface area (Å²) in [5.41, 5.74) is 5.67. The largest absolute Gasteiger partial charge is 0.478 e. The number of ether oxygens (including phenoxy) is 1. The van der Waals surface area contributed by atoms with Crippen LogP contribution >= 0.6 is 0 Å². The monoisotopic (exact) mass is 621 g/mol. The van der Waals surface area contributed by atoms with Gasteiger partial charge in [0.15, 0.2) is 0 Å². The number of carboxylic acids is 1. The van der Waals surface area contributed by atoms with E-state index in [4.69, 9.17) is 9.84 Å². The summed E-state index contributed by atoms with van der Waals surface area (Å²) in [6.45, 7) is 0.594. The van der Waals surface area contributed by atoms with Crippen LogP contribution < -0.4 is 10.6 Å². The molecule has 2 aliphatic carbocycles. The second kappa shape index (κ2) is 12.2. The van der Waals surface area contributed by atoms with Crippen LogP contribution in [0.4, 0.5) is 10.1 Å². The highest BCUT2D eigenvalue weighted by Crippen LogP contribution is 2.46. The summed E-state index contributed by atoms with van der Waals surface area (Å²) in [5, 5.41) is 15.9. The van der Waals surface area contributed by atoms with Gasteiger partial charge in [-0.25, -0.2) is 9.18 Å². The number of carbonyl (C=O) groups excluding carboxylic acids is 2. The number of aliphatic carboxylic acids is 1. The highest BCUT2D eigenvalue weighted by atomic mass is 19.1. The van der Waals surface area contributed by atoms with Crippen LogP contribution in [0.5, 0.6) is 0 Å². The molecule has 3 aliphatic rings. The van der Waals surface area contributed by atoms with Crippen LogP contribution in [0.15, 0.2) is 66.7 Å². The van der Waals surface area contributed by atoms with Gasteiger partial charge in [0.2, 0.25) is 5.91 Å². The minimum atomic E-state index is -1.04. The van der Waals surface area contributed by atoms with Crippen molar-refractivity contribution in [2.45, 2.75) is 76.2 Å². The number of benzene rings is 3. The van der Waals surface area contributed by atoms with Crippen molar-refractivity contribution in [3.63, 3.8) is 0 Å². The first-order valence-corrected chi connectivity index (χ1v) is 16.0. The minimum absolute atomic E-state index is 0.282. The lowest BCUT2D eigenvalue weighted by molar-refractivity contribution is -0.131. The molecule has 46 heavy (non-hydrogen) atoms. The summed E-state index contributed by atoms with van der Waals surface area (Å²) in [7, 11) is 0. The number of fused-ring (bicyclic) bond motifs is 5. The maximum Gasteiger partial charge on any atom is 0.328 e. The number of amides is 2. The standard InChI is InChI=1S/C37H36FN3O5/c38-27-11-15-29-26(19-27)21-46-22-41-31-20-25(10-14-30(31)33(34(29)41)24-5-2-1-3-6-24)35(44)40-37(17-4-18-37)36(45)39-28-12-7-23(8-13-28)9-16-32(42)43/h7-16,19-20,24H,1-6,17-18,21-22H2,(H,39,45)(H,40,44)(H,42,43)/b16-9+. The van der Waals surface area contributed by atoms with E-state index in [0.717, 1.165) is 53.1 Å². The number of aromatic nitrogens is 1. The van der Waals surface area contributed by atoms with Crippen LogP contribution in [0.1, 0.15) is 84.3 Å². The highest BCUT2D eigenvalue weighted by molar-refractivity contribution is 6.06. The third-order valence-corrected chi connectivity index (χ3v) is 9.76. The number of nitrogens with zero attached hydrogens (tertiary/aromatic N) is 1. The van der Waals surface area contributed by atoms with Crippen molar-refractivity contribution < 1.29 is 28.6 Å². The summed E-state index contributed by atoms with van der Waals surface area (Å²) >= 11 is 0. The number of anilines is 1. The van der Waals surface area contributed by atoms with Crippen molar-refractivity contribution in [2.24, 2.45) is 0 Å². The van der Waals surface area contributed by atoms with E-state index in [-0.39, 0.29) is 24.4 Å². The zero-order valence-corrected chi connectivity index (χ0v) is 25.5. The number of hydrogen-bond donors (Lipinski definition) is 3. The van der Waals surface area contributed by atoms with Crippen LogP contribution in [0.2, 0.25) is 0 Å². The van der Waals surface area contributed by atoms with Crippen LogP contribution in [0.25, 0.3) is 28.2 Å². The Kier molecular flexibility index (Phi) is 7.94. The van der Waals surface area contributed by atoms with Crippen molar-refractivity contribution in [2.75, 3.05) is 5.32 Å². The van der Waals surface area contributed by atoms with Crippen molar-refractivity contribution in [3.8, 4) is 11.3 Å². The zero-order valence-electron chi connectivity index (χ0n) is 25.5. The van der Waals surface area contributed by atoms with E-state index in [0.29, 0.717) is 42.2 Å². The molecule has 7 rings (SSSR count). The van der Waals surface area contributed by atoms with E-state index in [1.807, 2.05) is 24.3 Å². The quantitative estimate of drug-likeness (QED) is 0.187. The van der Waals surface area contributed by atoms with Crippen molar-refractivity contribution >= 4 is 40.4 Å². The fourth-order valence-electron chi connectivity index (χ4n) is 7.23. The van der Waals surface area contributed by atoms with Gasteiger partial charge in [-0.1, -0.05) is 37.5 Å². The lowest BCUT2D eigenvalue weighted by atomic mass is 9.75. The van der Waals surface area contributed by atoms with Gasteiger partial charge in [-0.05, 0) is 103 Å². The van der Waals surface area contributed by atoms with Crippen LogP contribution in [-0.4, -0.2) is 33.0 Å². The van der Waals surface area contributed by atoms with Gasteiger partial charge >= 0.3 is 5.97 Å². The molecule has 0 radical (unpaired) electrons. The summed E-state index contributed by atoms with van der Waals surface area (Å²) in [5.74, 6) is -1.56. The number of halogens is 1. The first-order chi connectivity index (χ1) is 22.3. The number of rotatable bonds is 7. The molecule has 4 aromatic rings. The number of hydrogen-bond acceptors (Lipinski definition) is 4. The van der Waals surface area contributed by atoms with E-state index in [2.05, 4.69) is 15.2 Å². The molecular weight excluding hydrogens is 585 g/mol. The van der Waals surface area contributed by atoms with E-state index < -0.39 is 11.5 Å². The molecule has 9 heteroatoms. The summed E-state index contributed by atoms with van der Waals surface area (Å²) in [4.78, 5) is 38.0. The second-order valence-electron chi connectivity index (χ2n) is 12.7. The molecule has 0 spiro atoms. The van der Waals surface area contributed by atoms with Gasteiger partial charge in [0.25, 0.3) is 5.91 Å². The average Bonchev–Trinajstić information content (AvgIpc) is 3.24. The van der Waals surface area contributed by atoms with Crippen LogP contribution in [0.3, 0.4) is 0 Å². The van der Waals surface area contributed by atoms with Gasteiger partial charge in [0.05, 0.1) is 17.8 Å². The first-order valence-electron chi connectivity index (χ1n) is 16.0. The Morgan fingerprint density at radius 3 is 2.46 bits per heavy atom. The molecule has 2 fully saturated rings. The Labute approximate surface area is 266 Å². The lowest BCUT2D eigenvalue weighted by Crippen LogP contribution is -2.61. The molecule has 0 saturated heterocycles. The normalized spacial score (nSPS) is 17.5. The molecule has 1 aromatic heterocycles. The van der Waals surface area contributed by atoms with E-state index >= 15 is 0 Å². The molecule has 2 saturated carbocycles. The molecule has 3 aromatic carbocycles. The average molecular weight is 622 g/mol. The SMILES string of the molecule is O=C(O)/C=C/c1ccc(NC(=O)C2(NC(=O)c3ccc4c(C5CCCCC5)c5n(c4c3)COCc3cc(F)ccc3-5)CCC2)cc1. The Morgan fingerprint density at radius 2 is 1.74 bits per heavy atom.